The number of carbonyl (C=O) groups is 1. The summed E-state index contributed by atoms with van der Waals surface area (Å²) in [6.07, 6.45) is 2.15. The first kappa shape index (κ1) is 16.2. The number of benzene rings is 1. The van der Waals surface area contributed by atoms with Crippen molar-refractivity contribution in [3.63, 3.8) is 0 Å². The summed E-state index contributed by atoms with van der Waals surface area (Å²) in [6.45, 7) is 5.64. The first-order chi connectivity index (χ1) is 11.5. The Morgan fingerprint density at radius 3 is 2.79 bits per heavy atom. The number of carbonyl (C=O) groups excluding carboxylic acids is 1. The number of ketones is 1. The number of rotatable bonds is 6. The molecule has 0 amide bonds. The van der Waals surface area contributed by atoms with Crippen molar-refractivity contribution in [1.82, 2.24) is 15.2 Å². The fourth-order valence-corrected chi connectivity index (χ4v) is 2.95. The lowest BCUT2D eigenvalue weighted by molar-refractivity contribution is -0.119. The maximum absolute atomic E-state index is 12.1. The van der Waals surface area contributed by atoms with Gasteiger partial charge in [0.2, 0.25) is 5.88 Å². The van der Waals surface area contributed by atoms with E-state index in [0.29, 0.717) is 12.3 Å². The average molecular weight is 323 g/mol. The number of pyridine rings is 1. The van der Waals surface area contributed by atoms with E-state index in [-0.39, 0.29) is 17.8 Å². The van der Waals surface area contributed by atoms with Gasteiger partial charge < -0.3 is 4.74 Å². The molecule has 5 heteroatoms. The van der Waals surface area contributed by atoms with Crippen molar-refractivity contribution in [2.24, 2.45) is 0 Å². The first-order valence-corrected chi connectivity index (χ1v) is 8.07. The zero-order valence-corrected chi connectivity index (χ0v) is 14.1. The summed E-state index contributed by atoms with van der Waals surface area (Å²) < 4.78 is 5.93. The van der Waals surface area contributed by atoms with Gasteiger partial charge >= 0.3 is 0 Å². The number of nitrogens with one attached hydrogen (secondary N) is 1. The molecule has 3 aromatic rings. The Morgan fingerprint density at radius 2 is 2.04 bits per heavy atom. The van der Waals surface area contributed by atoms with Gasteiger partial charge in [-0.3, -0.25) is 9.89 Å². The van der Waals surface area contributed by atoms with E-state index in [1.165, 1.54) is 0 Å². The standard InChI is InChI=1S/C19H21N3O2/c1-12-6-4-5-7-15(12)16(14(3)23)10-13(2)24-19-9-8-17-18(21-19)11-20-22-17/h4-9,11,13,16H,10H2,1-3H3,(H,20,22). The number of fused-ring (bicyclic) bond motifs is 1. The number of ether oxygens (including phenoxy) is 1. The molecule has 2 aromatic heterocycles. The molecule has 0 aliphatic rings. The molecule has 0 fully saturated rings. The molecule has 2 unspecified atom stereocenters. The highest BCUT2D eigenvalue weighted by molar-refractivity contribution is 5.83. The Kier molecular flexibility index (Phi) is 4.60. The number of H-pyrrole nitrogens is 1. The summed E-state index contributed by atoms with van der Waals surface area (Å²) >= 11 is 0. The van der Waals surface area contributed by atoms with Crippen molar-refractivity contribution < 1.29 is 9.53 Å². The SMILES string of the molecule is CC(=O)C(CC(C)Oc1ccc2[nH]ncc2n1)c1ccccc1C. The average Bonchev–Trinajstić information content (AvgIpc) is 3.01. The van der Waals surface area contributed by atoms with E-state index < -0.39 is 0 Å². The van der Waals surface area contributed by atoms with Gasteiger partial charge in [-0.1, -0.05) is 24.3 Å². The number of Topliss-reactive ketones (excluding diaryl/α,β-unsaturated/α-hetero) is 1. The largest absolute Gasteiger partial charge is 0.475 e. The summed E-state index contributed by atoms with van der Waals surface area (Å²) in [5.41, 5.74) is 3.83. The van der Waals surface area contributed by atoms with Gasteiger partial charge in [-0.15, -0.1) is 0 Å². The van der Waals surface area contributed by atoms with Gasteiger partial charge in [0.05, 0.1) is 17.8 Å². The minimum Gasteiger partial charge on any atom is -0.475 e. The summed E-state index contributed by atoms with van der Waals surface area (Å²) in [6, 6.07) is 11.7. The van der Waals surface area contributed by atoms with Gasteiger partial charge in [0.1, 0.15) is 11.3 Å². The smallest absolute Gasteiger partial charge is 0.214 e. The zero-order valence-electron chi connectivity index (χ0n) is 14.1. The van der Waals surface area contributed by atoms with Crippen LogP contribution >= 0.6 is 0 Å². The molecule has 1 aromatic carbocycles. The molecule has 0 saturated heterocycles. The monoisotopic (exact) mass is 323 g/mol. The third-order valence-corrected chi connectivity index (χ3v) is 4.22. The third-order valence-electron chi connectivity index (χ3n) is 4.22. The number of aromatic amines is 1. The van der Waals surface area contributed by atoms with Gasteiger partial charge in [0.15, 0.2) is 0 Å². The van der Waals surface area contributed by atoms with Gasteiger partial charge in [-0.05, 0) is 44.4 Å². The van der Waals surface area contributed by atoms with Crippen LogP contribution in [0.15, 0.2) is 42.6 Å². The van der Waals surface area contributed by atoms with Crippen LogP contribution in [0.1, 0.15) is 37.3 Å². The number of aryl methyl sites for hydroxylation is 1. The summed E-state index contributed by atoms with van der Waals surface area (Å²) in [7, 11) is 0. The fraction of sp³-hybridized carbons (Fsp3) is 0.316. The molecule has 0 aliphatic carbocycles. The molecule has 5 nitrogen and oxygen atoms in total. The summed E-state index contributed by atoms with van der Waals surface area (Å²) in [4.78, 5) is 16.6. The minimum atomic E-state index is -0.168. The Labute approximate surface area is 141 Å². The molecule has 3 rings (SSSR count). The predicted molar refractivity (Wildman–Crippen MR) is 93.2 cm³/mol. The van der Waals surface area contributed by atoms with Gasteiger partial charge in [-0.25, -0.2) is 4.98 Å². The van der Waals surface area contributed by atoms with E-state index in [2.05, 4.69) is 15.2 Å². The lowest BCUT2D eigenvalue weighted by Crippen LogP contribution is -2.21. The van der Waals surface area contributed by atoms with E-state index in [1.807, 2.05) is 50.2 Å². The van der Waals surface area contributed by atoms with Crippen LogP contribution in [0.2, 0.25) is 0 Å². The van der Waals surface area contributed by atoms with Crippen LogP contribution in [0.5, 0.6) is 5.88 Å². The molecule has 124 valence electrons. The normalized spacial score (nSPS) is 13.6. The second-order valence-corrected chi connectivity index (χ2v) is 6.14. The first-order valence-electron chi connectivity index (χ1n) is 8.07. The second-order valence-electron chi connectivity index (χ2n) is 6.14. The van der Waals surface area contributed by atoms with Gasteiger partial charge in [0, 0.05) is 12.0 Å². The van der Waals surface area contributed by atoms with Gasteiger partial charge in [-0.2, -0.15) is 5.10 Å². The van der Waals surface area contributed by atoms with Crippen LogP contribution in [0.3, 0.4) is 0 Å². The lowest BCUT2D eigenvalue weighted by atomic mass is 9.87. The van der Waals surface area contributed by atoms with Crippen molar-refractivity contribution in [2.45, 2.75) is 39.2 Å². The molecular weight excluding hydrogens is 302 g/mol. The minimum absolute atomic E-state index is 0.129. The fourth-order valence-electron chi connectivity index (χ4n) is 2.95. The van der Waals surface area contributed by atoms with E-state index in [4.69, 9.17) is 4.74 Å². The Bertz CT molecular complexity index is 856. The van der Waals surface area contributed by atoms with E-state index >= 15 is 0 Å². The second kappa shape index (κ2) is 6.83. The van der Waals surface area contributed by atoms with Gasteiger partial charge in [0.25, 0.3) is 0 Å². The molecule has 0 bridgehead atoms. The van der Waals surface area contributed by atoms with Crippen LogP contribution in [0, 0.1) is 6.92 Å². The Morgan fingerprint density at radius 1 is 1.25 bits per heavy atom. The topological polar surface area (TPSA) is 67.9 Å². The Balaban J connectivity index is 1.75. The van der Waals surface area contributed by atoms with Crippen molar-refractivity contribution in [2.75, 3.05) is 0 Å². The molecule has 0 spiro atoms. The van der Waals surface area contributed by atoms with Crippen LogP contribution in [-0.4, -0.2) is 27.1 Å². The number of hydrogen-bond donors (Lipinski definition) is 1. The highest BCUT2D eigenvalue weighted by Gasteiger charge is 2.22. The molecule has 1 N–H and O–H groups in total. The van der Waals surface area contributed by atoms with Crippen LogP contribution in [0.25, 0.3) is 11.0 Å². The molecule has 0 radical (unpaired) electrons. The number of hydrogen-bond acceptors (Lipinski definition) is 4. The highest BCUT2D eigenvalue weighted by atomic mass is 16.5. The van der Waals surface area contributed by atoms with E-state index in [0.717, 1.165) is 22.2 Å². The third kappa shape index (κ3) is 3.45. The predicted octanol–water partition coefficient (Wildman–Crippen LogP) is 3.80. The van der Waals surface area contributed by atoms with Crippen LogP contribution in [0.4, 0.5) is 0 Å². The van der Waals surface area contributed by atoms with E-state index in [1.54, 1.807) is 13.1 Å². The zero-order chi connectivity index (χ0) is 17.1. The van der Waals surface area contributed by atoms with E-state index in [9.17, 15) is 4.79 Å². The summed E-state index contributed by atoms with van der Waals surface area (Å²) in [5, 5.41) is 6.82. The van der Waals surface area contributed by atoms with Crippen LogP contribution in [-0.2, 0) is 4.79 Å². The molecule has 2 heterocycles. The molecular formula is C19H21N3O2. The van der Waals surface area contributed by atoms with Crippen molar-refractivity contribution in [3.8, 4) is 5.88 Å². The molecule has 0 aliphatic heterocycles. The molecule has 2 atom stereocenters. The quantitative estimate of drug-likeness (QED) is 0.749. The molecule has 0 saturated carbocycles. The van der Waals surface area contributed by atoms with Crippen molar-refractivity contribution >= 4 is 16.8 Å². The molecule has 24 heavy (non-hydrogen) atoms. The number of aromatic nitrogens is 3. The maximum atomic E-state index is 12.1. The van der Waals surface area contributed by atoms with Crippen LogP contribution < -0.4 is 4.74 Å². The maximum Gasteiger partial charge on any atom is 0.214 e. The van der Waals surface area contributed by atoms with Crippen molar-refractivity contribution in [1.29, 1.82) is 0 Å². The number of nitrogens with zero attached hydrogens (tertiary/aromatic N) is 2. The summed E-state index contributed by atoms with van der Waals surface area (Å²) in [5.74, 6) is 0.528. The Hall–Kier alpha value is -2.69. The lowest BCUT2D eigenvalue weighted by Gasteiger charge is -2.21. The highest BCUT2D eigenvalue weighted by Crippen LogP contribution is 2.27. The van der Waals surface area contributed by atoms with Crippen molar-refractivity contribution in [3.05, 3.63) is 53.7 Å².